The normalized spacial score (nSPS) is 15.7. The van der Waals surface area contributed by atoms with Crippen LogP contribution in [0.1, 0.15) is 45.4 Å². The van der Waals surface area contributed by atoms with E-state index in [1.54, 1.807) is 6.07 Å². The van der Waals surface area contributed by atoms with E-state index in [9.17, 15) is 4.79 Å². The number of aryl methyl sites for hydroxylation is 2. The Morgan fingerprint density at radius 2 is 2.11 bits per heavy atom. The Kier molecular flexibility index (Phi) is 5.39. The van der Waals surface area contributed by atoms with E-state index in [1.807, 2.05) is 55.9 Å². The lowest BCUT2D eigenvalue weighted by atomic mass is 10.0. The highest BCUT2D eigenvalue weighted by Crippen LogP contribution is 2.36. The Balaban J connectivity index is 1.45. The van der Waals surface area contributed by atoms with Crippen LogP contribution in [0.2, 0.25) is 0 Å². The minimum absolute atomic E-state index is 0.0387. The van der Waals surface area contributed by atoms with Crippen LogP contribution in [0.15, 0.2) is 57.9 Å². The highest BCUT2D eigenvalue weighted by atomic mass is 32.2. The lowest BCUT2D eigenvalue weighted by Gasteiger charge is -2.26. The first-order chi connectivity index (χ1) is 13.6. The van der Waals surface area contributed by atoms with E-state index in [2.05, 4.69) is 22.6 Å². The monoisotopic (exact) mass is 394 g/mol. The molecule has 1 N–H and O–H groups in total. The first-order valence-electron chi connectivity index (χ1n) is 9.29. The Morgan fingerprint density at radius 1 is 1.25 bits per heavy atom. The fourth-order valence-electron chi connectivity index (χ4n) is 3.32. The summed E-state index contributed by atoms with van der Waals surface area (Å²) in [6.45, 7) is 4.11. The molecule has 5 nitrogen and oxygen atoms in total. The molecule has 1 aliphatic heterocycles. The summed E-state index contributed by atoms with van der Waals surface area (Å²) in [4.78, 5) is 14.1. The van der Waals surface area contributed by atoms with Gasteiger partial charge in [0.25, 0.3) is 5.91 Å². The molecule has 3 aromatic rings. The molecule has 0 fully saturated rings. The summed E-state index contributed by atoms with van der Waals surface area (Å²) in [5.74, 6) is 2.31. The van der Waals surface area contributed by atoms with Gasteiger partial charge in [-0.05, 0) is 50.1 Å². The van der Waals surface area contributed by atoms with Gasteiger partial charge in [0.2, 0.25) is 0 Å². The Labute approximate surface area is 168 Å². The molecular weight excluding hydrogens is 372 g/mol. The summed E-state index contributed by atoms with van der Waals surface area (Å²) >= 11 is 1.84. The molecule has 2 aromatic carbocycles. The average Bonchev–Trinajstić information content (AvgIpc) is 3.04. The minimum Gasteiger partial charge on any atom is -0.489 e. The van der Waals surface area contributed by atoms with Crippen LogP contribution >= 0.6 is 11.8 Å². The maximum Gasteiger partial charge on any atom is 0.251 e. The second-order valence-electron chi connectivity index (χ2n) is 6.82. The Hall–Kier alpha value is -2.73. The van der Waals surface area contributed by atoms with Gasteiger partial charge in [0.15, 0.2) is 0 Å². The van der Waals surface area contributed by atoms with Crippen LogP contribution in [0.5, 0.6) is 5.75 Å². The van der Waals surface area contributed by atoms with Gasteiger partial charge in [0.1, 0.15) is 18.1 Å². The number of nitrogens with zero attached hydrogens (tertiary/aromatic N) is 1. The summed E-state index contributed by atoms with van der Waals surface area (Å²) in [5.41, 5.74) is 3.54. The highest BCUT2D eigenvalue weighted by Gasteiger charge is 2.22. The minimum atomic E-state index is -0.0884. The van der Waals surface area contributed by atoms with Crippen molar-refractivity contribution in [2.45, 2.75) is 37.8 Å². The molecule has 1 unspecified atom stereocenters. The number of aromatic nitrogens is 1. The third-order valence-corrected chi connectivity index (χ3v) is 6.05. The second-order valence-corrected chi connectivity index (χ2v) is 7.96. The predicted molar refractivity (Wildman–Crippen MR) is 109 cm³/mol. The zero-order valence-electron chi connectivity index (χ0n) is 15.9. The first-order valence-corrected chi connectivity index (χ1v) is 10.3. The molecule has 144 valence electrons. The van der Waals surface area contributed by atoms with Crippen molar-refractivity contribution in [3.05, 3.63) is 76.7 Å². The molecule has 1 aromatic heterocycles. The summed E-state index contributed by atoms with van der Waals surface area (Å²) < 4.78 is 11.0. The molecule has 4 rings (SSSR count). The van der Waals surface area contributed by atoms with Crippen molar-refractivity contribution < 1.29 is 14.1 Å². The standard InChI is InChI=1S/C22H22N2O3S/c1-14-19(15(2)27-24-14)13-26-17-7-5-6-16(12-17)22(25)23-20-10-11-28-21-9-4-3-8-18(20)21/h3-9,12,20H,10-11,13H2,1-2H3,(H,23,25). The van der Waals surface area contributed by atoms with Crippen molar-refractivity contribution in [1.82, 2.24) is 10.5 Å². The molecule has 1 atom stereocenters. The van der Waals surface area contributed by atoms with Gasteiger partial charge in [-0.25, -0.2) is 0 Å². The SMILES string of the molecule is Cc1noc(C)c1COc1cccc(C(=O)NC2CCSc3ccccc32)c1. The number of thioether (sulfide) groups is 1. The van der Waals surface area contributed by atoms with Crippen LogP contribution in [-0.4, -0.2) is 16.8 Å². The number of amides is 1. The van der Waals surface area contributed by atoms with Crippen molar-refractivity contribution in [1.29, 1.82) is 0 Å². The number of nitrogens with one attached hydrogen (secondary N) is 1. The van der Waals surface area contributed by atoms with Crippen molar-refractivity contribution in [2.24, 2.45) is 0 Å². The summed E-state index contributed by atoms with van der Waals surface area (Å²) in [6, 6.07) is 15.6. The van der Waals surface area contributed by atoms with Gasteiger partial charge < -0.3 is 14.6 Å². The van der Waals surface area contributed by atoms with Crippen LogP contribution in [-0.2, 0) is 6.61 Å². The largest absolute Gasteiger partial charge is 0.489 e. The van der Waals surface area contributed by atoms with Crippen molar-refractivity contribution in [3.8, 4) is 5.75 Å². The Bertz CT molecular complexity index is 979. The fraction of sp³-hybridized carbons (Fsp3) is 0.273. The molecule has 1 amide bonds. The molecular formula is C22H22N2O3S. The van der Waals surface area contributed by atoms with Crippen LogP contribution in [0, 0.1) is 13.8 Å². The number of hydrogen-bond acceptors (Lipinski definition) is 5. The number of benzene rings is 2. The van der Waals surface area contributed by atoms with Crippen LogP contribution < -0.4 is 10.1 Å². The smallest absolute Gasteiger partial charge is 0.251 e. The first kappa shape index (κ1) is 18.6. The van der Waals surface area contributed by atoms with Crippen molar-refractivity contribution in [3.63, 3.8) is 0 Å². The molecule has 0 radical (unpaired) electrons. The van der Waals surface area contributed by atoms with E-state index in [0.29, 0.717) is 17.9 Å². The van der Waals surface area contributed by atoms with Gasteiger partial charge >= 0.3 is 0 Å². The number of rotatable bonds is 5. The molecule has 2 heterocycles. The van der Waals surface area contributed by atoms with Crippen molar-refractivity contribution >= 4 is 17.7 Å². The summed E-state index contributed by atoms with van der Waals surface area (Å²) in [5, 5.41) is 7.11. The van der Waals surface area contributed by atoms with E-state index in [1.165, 1.54) is 10.5 Å². The van der Waals surface area contributed by atoms with Gasteiger partial charge in [-0.3, -0.25) is 4.79 Å². The van der Waals surface area contributed by atoms with Crippen LogP contribution in [0.25, 0.3) is 0 Å². The second kappa shape index (κ2) is 8.10. The molecule has 0 aliphatic carbocycles. The van der Waals surface area contributed by atoms with Crippen LogP contribution in [0.3, 0.4) is 0 Å². The third-order valence-electron chi connectivity index (χ3n) is 4.92. The van der Waals surface area contributed by atoms with Gasteiger partial charge in [0.05, 0.1) is 17.3 Å². The molecule has 6 heteroatoms. The van der Waals surface area contributed by atoms with E-state index in [0.717, 1.165) is 29.2 Å². The zero-order chi connectivity index (χ0) is 19.5. The quantitative estimate of drug-likeness (QED) is 0.671. The van der Waals surface area contributed by atoms with E-state index >= 15 is 0 Å². The number of hydrogen-bond donors (Lipinski definition) is 1. The highest BCUT2D eigenvalue weighted by molar-refractivity contribution is 7.99. The van der Waals surface area contributed by atoms with Crippen LogP contribution in [0.4, 0.5) is 0 Å². The van der Waals surface area contributed by atoms with E-state index in [4.69, 9.17) is 9.26 Å². The fourth-order valence-corrected chi connectivity index (χ4v) is 4.45. The zero-order valence-corrected chi connectivity index (χ0v) is 16.7. The van der Waals surface area contributed by atoms with E-state index < -0.39 is 0 Å². The summed E-state index contributed by atoms with van der Waals surface area (Å²) in [6.07, 6.45) is 0.926. The summed E-state index contributed by atoms with van der Waals surface area (Å²) in [7, 11) is 0. The lowest BCUT2D eigenvalue weighted by molar-refractivity contribution is 0.0934. The number of fused-ring (bicyclic) bond motifs is 1. The molecule has 0 saturated heterocycles. The van der Waals surface area contributed by atoms with Gasteiger partial charge in [0, 0.05) is 16.2 Å². The predicted octanol–water partition coefficient (Wildman–Crippen LogP) is 4.84. The third kappa shape index (κ3) is 3.92. The van der Waals surface area contributed by atoms with Gasteiger partial charge in [-0.15, -0.1) is 11.8 Å². The van der Waals surface area contributed by atoms with Gasteiger partial charge in [-0.1, -0.05) is 29.4 Å². The van der Waals surface area contributed by atoms with Crippen molar-refractivity contribution in [2.75, 3.05) is 5.75 Å². The molecule has 0 saturated carbocycles. The number of carbonyl (C=O) groups is 1. The lowest BCUT2D eigenvalue weighted by Crippen LogP contribution is -2.30. The topological polar surface area (TPSA) is 64.4 Å². The maximum atomic E-state index is 12.8. The molecule has 0 bridgehead atoms. The van der Waals surface area contributed by atoms with Gasteiger partial charge in [-0.2, -0.15) is 0 Å². The molecule has 1 aliphatic rings. The van der Waals surface area contributed by atoms with E-state index in [-0.39, 0.29) is 11.9 Å². The maximum absolute atomic E-state index is 12.8. The number of ether oxygens (including phenoxy) is 1. The molecule has 0 spiro atoms. The molecule has 28 heavy (non-hydrogen) atoms. The Morgan fingerprint density at radius 3 is 2.93 bits per heavy atom. The average molecular weight is 394 g/mol. The number of carbonyl (C=O) groups excluding carboxylic acids is 1.